The van der Waals surface area contributed by atoms with Crippen molar-refractivity contribution < 1.29 is 8.42 Å². The first-order chi connectivity index (χ1) is 9.84. The highest BCUT2D eigenvalue weighted by atomic mass is 79.9. The van der Waals surface area contributed by atoms with Gasteiger partial charge in [0.05, 0.1) is 15.9 Å². The Morgan fingerprint density at radius 3 is 2.67 bits per heavy atom. The quantitative estimate of drug-likeness (QED) is 0.683. The first-order valence-corrected chi connectivity index (χ1v) is 8.78. The van der Waals surface area contributed by atoms with Gasteiger partial charge in [0.1, 0.15) is 5.82 Å². The van der Waals surface area contributed by atoms with E-state index in [1.54, 1.807) is 30.3 Å². The second-order valence-electron chi connectivity index (χ2n) is 4.78. The fraction of sp³-hybridized carbons (Fsp3) is 0.0714. The van der Waals surface area contributed by atoms with Gasteiger partial charge < -0.3 is 10.7 Å². The van der Waals surface area contributed by atoms with Gasteiger partial charge in [0, 0.05) is 22.0 Å². The van der Waals surface area contributed by atoms with Gasteiger partial charge in [-0.2, -0.15) is 0 Å². The number of nitrogens with one attached hydrogen (secondary N) is 1. The molecule has 0 atom stereocenters. The van der Waals surface area contributed by atoms with Gasteiger partial charge in [0.15, 0.2) is 9.84 Å². The summed E-state index contributed by atoms with van der Waals surface area (Å²) >= 11 is 3.46. The first kappa shape index (κ1) is 14.1. The number of anilines is 1. The number of hydrogen-bond acceptors (Lipinski definition) is 4. The first-order valence-electron chi connectivity index (χ1n) is 6.10. The van der Waals surface area contributed by atoms with E-state index in [1.165, 1.54) is 6.26 Å². The molecule has 0 radical (unpaired) electrons. The number of fused-ring (bicyclic) bond motifs is 1. The molecule has 0 saturated carbocycles. The number of aromatic nitrogens is 2. The topological polar surface area (TPSA) is 88.8 Å². The number of nitrogens with zero attached hydrogens (tertiary/aromatic N) is 1. The van der Waals surface area contributed by atoms with Crippen molar-refractivity contribution in [3.63, 3.8) is 0 Å². The van der Waals surface area contributed by atoms with Crippen LogP contribution in [-0.4, -0.2) is 24.6 Å². The van der Waals surface area contributed by atoms with Gasteiger partial charge in [0.2, 0.25) is 0 Å². The van der Waals surface area contributed by atoms with Gasteiger partial charge in [0.25, 0.3) is 0 Å². The molecule has 3 N–H and O–H groups in total. The predicted molar refractivity (Wildman–Crippen MR) is 86.8 cm³/mol. The molecule has 0 fully saturated rings. The van der Waals surface area contributed by atoms with Crippen molar-refractivity contribution in [2.75, 3.05) is 12.0 Å². The van der Waals surface area contributed by atoms with Crippen LogP contribution in [0.15, 0.2) is 45.8 Å². The molecule has 1 heterocycles. The number of nitrogen functional groups attached to an aromatic ring is 1. The van der Waals surface area contributed by atoms with Crippen molar-refractivity contribution in [2.24, 2.45) is 0 Å². The van der Waals surface area contributed by atoms with Gasteiger partial charge in [-0.1, -0.05) is 15.9 Å². The Labute approximate surface area is 130 Å². The van der Waals surface area contributed by atoms with Gasteiger partial charge >= 0.3 is 0 Å². The Morgan fingerprint density at radius 1 is 1.19 bits per heavy atom. The highest BCUT2D eigenvalue weighted by Crippen LogP contribution is 2.30. The van der Waals surface area contributed by atoms with Crippen LogP contribution in [0, 0.1) is 0 Å². The molecule has 7 heteroatoms. The Bertz CT molecular complexity index is 948. The van der Waals surface area contributed by atoms with Crippen molar-refractivity contribution in [1.29, 1.82) is 0 Å². The number of nitrogens with two attached hydrogens (primary N) is 1. The summed E-state index contributed by atoms with van der Waals surface area (Å²) in [5.41, 5.74) is 8.62. The van der Waals surface area contributed by atoms with Crippen LogP contribution in [0.25, 0.3) is 22.4 Å². The highest BCUT2D eigenvalue weighted by molar-refractivity contribution is 9.10. The normalized spacial score (nSPS) is 11.9. The van der Waals surface area contributed by atoms with E-state index in [-0.39, 0.29) is 4.90 Å². The molecule has 0 aliphatic carbocycles. The van der Waals surface area contributed by atoms with Crippen LogP contribution in [0.4, 0.5) is 5.69 Å². The summed E-state index contributed by atoms with van der Waals surface area (Å²) in [7, 11) is -3.24. The molecule has 3 aromatic rings. The fourth-order valence-electron chi connectivity index (χ4n) is 2.07. The van der Waals surface area contributed by atoms with Crippen LogP contribution in [-0.2, 0) is 9.84 Å². The highest BCUT2D eigenvalue weighted by Gasteiger charge is 2.12. The second-order valence-corrected chi connectivity index (χ2v) is 7.65. The van der Waals surface area contributed by atoms with Gasteiger partial charge in [-0.15, -0.1) is 0 Å². The lowest BCUT2D eigenvalue weighted by Crippen LogP contribution is -1.96. The standard InChI is InChI=1S/C14H12BrN3O2S/c1-21(19,20)9-3-5-12-13(7-9)18-14(17-12)10-6-8(16)2-4-11(10)15/h2-7H,16H2,1H3,(H,17,18). The fourth-order valence-corrected chi connectivity index (χ4v) is 3.15. The van der Waals surface area contributed by atoms with Gasteiger partial charge in [-0.25, -0.2) is 13.4 Å². The summed E-state index contributed by atoms with van der Waals surface area (Å²) in [6.45, 7) is 0. The Kier molecular flexibility index (Phi) is 3.26. The van der Waals surface area contributed by atoms with Crippen molar-refractivity contribution in [2.45, 2.75) is 4.90 Å². The molecule has 0 amide bonds. The number of rotatable bonds is 2. The third kappa shape index (κ3) is 2.66. The zero-order chi connectivity index (χ0) is 15.2. The third-order valence-electron chi connectivity index (χ3n) is 3.13. The lowest BCUT2D eigenvalue weighted by atomic mass is 10.2. The molecule has 0 aliphatic heterocycles. The van der Waals surface area contributed by atoms with Crippen LogP contribution in [0.2, 0.25) is 0 Å². The average Bonchev–Trinajstić information content (AvgIpc) is 2.83. The smallest absolute Gasteiger partial charge is 0.175 e. The summed E-state index contributed by atoms with van der Waals surface area (Å²) in [6.07, 6.45) is 1.18. The second kappa shape index (κ2) is 4.85. The summed E-state index contributed by atoms with van der Waals surface area (Å²) < 4.78 is 24.0. The number of imidazole rings is 1. The van der Waals surface area contributed by atoms with Crippen molar-refractivity contribution in [1.82, 2.24) is 9.97 Å². The number of H-pyrrole nitrogens is 1. The molecule has 3 rings (SSSR count). The molecule has 0 bridgehead atoms. The van der Waals surface area contributed by atoms with E-state index in [4.69, 9.17) is 5.73 Å². The van der Waals surface area contributed by atoms with E-state index in [0.29, 0.717) is 22.5 Å². The van der Waals surface area contributed by atoms with Crippen LogP contribution in [0.1, 0.15) is 0 Å². The number of halogens is 1. The van der Waals surface area contributed by atoms with Gasteiger partial charge in [-0.05, 0) is 36.4 Å². The molecule has 5 nitrogen and oxygen atoms in total. The molecule has 21 heavy (non-hydrogen) atoms. The van der Waals surface area contributed by atoms with Gasteiger partial charge in [-0.3, -0.25) is 0 Å². The minimum atomic E-state index is -3.24. The molecule has 2 aromatic carbocycles. The van der Waals surface area contributed by atoms with E-state index in [0.717, 1.165) is 10.0 Å². The molecule has 0 saturated heterocycles. The van der Waals surface area contributed by atoms with Crippen molar-refractivity contribution in [3.8, 4) is 11.4 Å². The Hall–Kier alpha value is -1.86. The molecule has 1 aromatic heterocycles. The maximum atomic E-state index is 11.6. The lowest BCUT2D eigenvalue weighted by molar-refractivity contribution is 0.602. The van der Waals surface area contributed by atoms with Crippen LogP contribution >= 0.6 is 15.9 Å². The van der Waals surface area contributed by atoms with E-state index < -0.39 is 9.84 Å². The summed E-state index contributed by atoms with van der Waals surface area (Å²) in [5, 5.41) is 0. The van der Waals surface area contributed by atoms with Crippen molar-refractivity contribution >= 4 is 42.5 Å². The summed E-state index contributed by atoms with van der Waals surface area (Å²) in [5.74, 6) is 0.634. The maximum Gasteiger partial charge on any atom is 0.175 e. The average molecular weight is 366 g/mol. The third-order valence-corrected chi connectivity index (χ3v) is 4.93. The zero-order valence-corrected chi connectivity index (χ0v) is 13.5. The summed E-state index contributed by atoms with van der Waals surface area (Å²) in [4.78, 5) is 7.86. The Morgan fingerprint density at radius 2 is 1.95 bits per heavy atom. The molecular weight excluding hydrogens is 354 g/mol. The molecule has 108 valence electrons. The van der Waals surface area contributed by atoms with E-state index >= 15 is 0 Å². The van der Waals surface area contributed by atoms with Crippen LogP contribution < -0.4 is 5.73 Å². The molecule has 0 spiro atoms. The predicted octanol–water partition coefficient (Wildman–Crippen LogP) is 2.98. The van der Waals surface area contributed by atoms with Crippen molar-refractivity contribution in [3.05, 3.63) is 40.9 Å². The minimum Gasteiger partial charge on any atom is -0.399 e. The number of hydrogen-bond donors (Lipinski definition) is 2. The van der Waals surface area contributed by atoms with E-state index in [1.807, 2.05) is 6.07 Å². The number of sulfone groups is 1. The van der Waals surface area contributed by atoms with Crippen LogP contribution in [0.5, 0.6) is 0 Å². The number of benzene rings is 2. The summed E-state index contributed by atoms with van der Waals surface area (Å²) in [6, 6.07) is 10.3. The van der Waals surface area contributed by atoms with Crippen LogP contribution in [0.3, 0.4) is 0 Å². The number of aromatic amines is 1. The largest absolute Gasteiger partial charge is 0.399 e. The zero-order valence-electron chi connectivity index (χ0n) is 11.1. The maximum absolute atomic E-state index is 11.6. The Balaban J connectivity index is 2.20. The molecule has 0 unspecified atom stereocenters. The monoisotopic (exact) mass is 365 g/mol. The SMILES string of the molecule is CS(=O)(=O)c1ccc2nc(-c3cc(N)ccc3Br)[nH]c2c1. The molecule has 0 aliphatic rings. The minimum absolute atomic E-state index is 0.261. The molecular formula is C14H12BrN3O2S. The van der Waals surface area contributed by atoms with E-state index in [9.17, 15) is 8.42 Å². The lowest BCUT2D eigenvalue weighted by Gasteiger charge is -2.01. The van der Waals surface area contributed by atoms with E-state index in [2.05, 4.69) is 25.9 Å².